The van der Waals surface area contributed by atoms with Gasteiger partial charge >= 0.3 is 0 Å². The number of aliphatic hydroxyl groups excluding tert-OH is 1. The van der Waals surface area contributed by atoms with Crippen molar-refractivity contribution in [1.29, 1.82) is 0 Å². The minimum atomic E-state index is -1.05. The SMILES string of the molecule is O=C(c1ccc(F)nc1)N1C2CCC1CN(C(O)OCC[C@]1(O)CC/C=C\CCC1)C2. The Kier molecular flexibility index (Phi) is 7.01. The van der Waals surface area contributed by atoms with Crippen molar-refractivity contribution in [3.63, 3.8) is 0 Å². The van der Waals surface area contributed by atoms with Crippen molar-refractivity contribution in [2.45, 2.75) is 75.5 Å². The predicted molar refractivity (Wildman–Crippen MR) is 112 cm³/mol. The molecule has 2 bridgehead atoms. The summed E-state index contributed by atoms with van der Waals surface area (Å²) < 4.78 is 18.8. The molecule has 0 spiro atoms. The van der Waals surface area contributed by atoms with E-state index in [1.807, 2.05) is 9.80 Å². The molecule has 0 aromatic carbocycles. The lowest BCUT2D eigenvalue weighted by atomic mass is 9.87. The molecule has 31 heavy (non-hydrogen) atoms. The molecule has 2 saturated heterocycles. The predicted octanol–water partition coefficient (Wildman–Crippen LogP) is 2.44. The number of hydrogen-bond donors (Lipinski definition) is 2. The molecule has 3 aliphatic rings. The van der Waals surface area contributed by atoms with E-state index >= 15 is 0 Å². The zero-order valence-electron chi connectivity index (χ0n) is 17.8. The summed E-state index contributed by atoms with van der Waals surface area (Å²) in [6.07, 6.45) is 11.0. The molecule has 2 N–H and O–H groups in total. The van der Waals surface area contributed by atoms with Gasteiger partial charge in [0.2, 0.25) is 12.4 Å². The summed E-state index contributed by atoms with van der Waals surface area (Å²) in [6.45, 7) is 1.33. The number of pyridine rings is 1. The molecule has 3 unspecified atom stereocenters. The van der Waals surface area contributed by atoms with Gasteiger partial charge in [-0.2, -0.15) is 4.39 Å². The quantitative estimate of drug-likeness (QED) is 0.407. The number of carbonyl (C=O) groups excluding carboxylic acids is 1. The van der Waals surface area contributed by atoms with Crippen molar-refractivity contribution in [1.82, 2.24) is 14.8 Å². The zero-order valence-corrected chi connectivity index (χ0v) is 17.8. The highest BCUT2D eigenvalue weighted by atomic mass is 19.1. The van der Waals surface area contributed by atoms with Crippen LogP contribution in [0.15, 0.2) is 30.5 Å². The normalized spacial score (nSPS) is 31.1. The number of amides is 1. The van der Waals surface area contributed by atoms with E-state index in [1.54, 1.807) is 0 Å². The molecule has 0 saturated carbocycles. The highest BCUT2D eigenvalue weighted by molar-refractivity contribution is 5.94. The molecule has 2 aliphatic heterocycles. The number of aromatic nitrogens is 1. The Morgan fingerprint density at radius 1 is 1.23 bits per heavy atom. The molecule has 1 aromatic rings. The van der Waals surface area contributed by atoms with Crippen LogP contribution in [0, 0.1) is 5.95 Å². The average Bonchev–Trinajstić information content (AvgIpc) is 3.00. The highest BCUT2D eigenvalue weighted by Gasteiger charge is 2.44. The maximum atomic E-state index is 13.1. The Labute approximate surface area is 182 Å². The van der Waals surface area contributed by atoms with E-state index < -0.39 is 18.0 Å². The first-order chi connectivity index (χ1) is 15.0. The molecule has 7 nitrogen and oxygen atoms in total. The minimum absolute atomic E-state index is 0.0175. The lowest BCUT2D eigenvalue weighted by Crippen LogP contribution is -2.58. The van der Waals surface area contributed by atoms with Crippen LogP contribution in [0.3, 0.4) is 0 Å². The Morgan fingerprint density at radius 2 is 1.97 bits per heavy atom. The van der Waals surface area contributed by atoms with Crippen LogP contribution in [0.1, 0.15) is 61.7 Å². The number of piperazine rings is 1. The van der Waals surface area contributed by atoms with E-state index in [0.717, 1.165) is 38.5 Å². The number of nitrogens with zero attached hydrogens (tertiary/aromatic N) is 3. The average molecular weight is 434 g/mol. The number of rotatable bonds is 6. The molecule has 1 aromatic heterocycles. The van der Waals surface area contributed by atoms with Crippen LogP contribution in [0.25, 0.3) is 0 Å². The van der Waals surface area contributed by atoms with Crippen molar-refractivity contribution in [2.75, 3.05) is 19.7 Å². The smallest absolute Gasteiger partial charge is 0.256 e. The molecule has 8 heteroatoms. The third kappa shape index (κ3) is 5.31. The largest absolute Gasteiger partial charge is 0.390 e. The van der Waals surface area contributed by atoms with Crippen molar-refractivity contribution in [2.24, 2.45) is 0 Å². The second kappa shape index (κ2) is 9.73. The maximum Gasteiger partial charge on any atom is 0.256 e. The van der Waals surface area contributed by atoms with Crippen molar-refractivity contribution >= 4 is 5.91 Å². The zero-order chi connectivity index (χ0) is 21.8. The number of carbonyl (C=O) groups is 1. The van der Waals surface area contributed by atoms with E-state index in [2.05, 4.69) is 17.1 Å². The summed E-state index contributed by atoms with van der Waals surface area (Å²) in [5.74, 6) is -0.749. The highest BCUT2D eigenvalue weighted by Crippen LogP contribution is 2.33. The van der Waals surface area contributed by atoms with Gasteiger partial charge in [0.15, 0.2) is 0 Å². The van der Waals surface area contributed by atoms with Crippen LogP contribution < -0.4 is 0 Å². The maximum absolute atomic E-state index is 13.1. The lowest BCUT2D eigenvalue weighted by molar-refractivity contribution is -0.210. The number of fused-ring (bicyclic) bond motifs is 2. The van der Waals surface area contributed by atoms with Gasteiger partial charge in [0.1, 0.15) is 0 Å². The number of allylic oxidation sites excluding steroid dienone is 2. The summed E-state index contributed by atoms with van der Waals surface area (Å²) in [6, 6.07) is 2.63. The molecule has 1 aliphatic carbocycles. The summed E-state index contributed by atoms with van der Waals surface area (Å²) in [4.78, 5) is 20.2. The van der Waals surface area contributed by atoms with E-state index in [9.17, 15) is 19.4 Å². The number of hydrogen-bond acceptors (Lipinski definition) is 6. The second-order valence-electron chi connectivity index (χ2n) is 8.99. The van der Waals surface area contributed by atoms with Gasteiger partial charge in [-0.15, -0.1) is 0 Å². The van der Waals surface area contributed by atoms with Crippen LogP contribution in [-0.2, 0) is 4.74 Å². The Morgan fingerprint density at radius 3 is 2.68 bits per heavy atom. The van der Waals surface area contributed by atoms with Gasteiger partial charge in [0.05, 0.1) is 17.8 Å². The topological polar surface area (TPSA) is 86.1 Å². The molecule has 2 fully saturated rings. The van der Waals surface area contributed by atoms with Crippen LogP contribution in [0.2, 0.25) is 0 Å². The van der Waals surface area contributed by atoms with Gasteiger partial charge in [-0.1, -0.05) is 12.2 Å². The van der Waals surface area contributed by atoms with E-state index in [1.165, 1.54) is 18.3 Å². The fourth-order valence-corrected chi connectivity index (χ4v) is 5.07. The first-order valence-corrected chi connectivity index (χ1v) is 11.3. The van der Waals surface area contributed by atoms with Crippen molar-refractivity contribution in [3.05, 3.63) is 42.0 Å². The van der Waals surface area contributed by atoms with Gasteiger partial charge in [0, 0.05) is 31.4 Å². The van der Waals surface area contributed by atoms with Gasteiger partial charge in [0.25, 0.3) is 5.91 Å². The monoisotopic (exact) mass is 433 g/mol. The number of aliphatic hydroxyl groups is 2. The summed E-state index contributed by atoms with van der Waals surface area (Å²) >= 11 is 0. The van der Waals surface area contributed by atoms with Crippen LogP contribution >= 0.6 is 0 Å². The van der Waals surface area contributed by atoms with E-state index in [4.69, 9.17) is 4.74 Å². The third-order valence-electron chi connectivity index (χ3n) is 6.82. The third-order valence-corrected chi connectivity index (χ3v) is 6.82. The lowest BCUT2D eigenvalue weighted by Gasteiger charge is -2.42. The Bertz CT molecular complexity index is 776. The standard InChI is InChI=1S/C23H32FN3O4/c24-20-9-6-17(14-25-20)21(28)27-18-7-8-19(27)16-26(15-18)22(29)31-13-12-23(30)10-4-2-1-3-5-11-23/h1-2,6,9,14,18-19,22,29-30H,3-5,7-8,10-13,15-16H2/b2-1-/t18?,19?,22?,23-/m0/s1. The number of likely N-dealkylation sites (tertiary alicyclic amines) is 1. The van der Waals surface area contributed by atoms with Crippen LogP contribution in [-0.4, -0.2) is 74.7 Å². The van der Waals surface area contributed by atoms with Crippen molar-refractivity contribution in [3.8, 4) is 0 Å². The molecule has 170 valence electrons. The molecule has 3 heterocycles. The molecule has 1 amide bonds. The van der Waals surface area contributed by atoms with Gasteiger partial charge in [-0.05, 0) is 63.5 Å². The number of halogens is 1. The molecule has 4 atom stereocenters. The minimum Gasteiger partial charge on any atom is -0.390 e. The van der Waals surface area contributed by atoms with Gasteiger partial charge in [-0.3, -0.25) is 9.69 Å². The Hall–Kier alpha value is -1.87. The summed E-state index contributed by atoms with van der Waals surface area (Å²) in [5, 5.41) is 21.4. The van der Waals surface area contributed by atoms with Crippen LogP contribution in [0.5, 0.6) is 0 Å². The molecular formula is C23H32FN3O4. The number of ether oxygens (including phenoxy) is 1. The van der Waals surface area contributed by atoms with Crippen molar-refractivity contribution < 1.29 is 24.1 Å². The molecule has 0 radical (unpaired) electrons. The van der Waals surface area contributed by atoms with Gasteiger partial charge in [-0.25, -0.2) is 4.98 Å². The molecular weight excluding hydrogens is 401 g/mol. The first-order valence-electron chi connectivity index (χ1n) is 11.3. The fourth-order valence-electron chi connectivity index (χ4n) is 5.07. The molecule has 4 rings (SSSR count). The van der Waals surface area contributed by atoms with E-state index in [-0.39, 0.29) is 24.6 Å². The summed E-state index contributed by atoms with van der Waals surface area (Å²) in [7, 11) is 0. The Balaban J connectivity index is 1.28. The van der Waals surface area contributed by atoms with Crippen LogP contribution in [0.4, 0.5) is 4.39 Å². The van der Waals surface area contributed by atoms with Gasteiger partial charge < -0.3 is 19.8 Å². The second-order valence-corrected chi connectivity index (χ2v) is 8.99. The first kappa shape index (κ1) is 22.3. The fraction of sp³-hybridized carbons (Fsp3) is 0.652. The van der Waals surface area contributed by atoms with E-state index in [0.29, 0.717) is 31.5 Å². The summed E-state index contributed by atoms with van der Waals surface area (Å²) in [5.41, 5.74) is -0.358.